The maximum Gasteiger partial charge on any atom is 0.335 e. The summed E-state index contributed by atoms with van der Waals surface area (Å²) >= 11 is 6.84. The van der Waals surface area contributed by atoms with Crippen molar-refractivity contribution in [1.82, 2.24) is 5.32 Å². The standard InChI is InChI=1S/C27H21Br2FN2O5/c1-3-36-23-13-17(12-21(29)24(23)37-14-16-4-7-19(30)8-5-16)11-20-25(33)31-27(35)32(26(20)34)22-9-6-18(28)10-15(22)2/h4-13H,3,14H2,1-2H3,(H,31,33,35)/b20-11-. The molecule has 1 heterocycles. The van der Waals surface area contributed by atoms with E-state index in [1.807, 2.05) is 6.92 Å². The normalized spacial score (nSPS) is 14.7. The molecular weight excluding hydrogens is 611 g/mol. The van der Waals surface area contributed by atoms with E-state index >= 15 is 0 Å². The van der Waals surface area contributed by atoms with Crippen molar-refractivity contribution in [3.05, 3.63) is 91.6 Å². The van der Waals surface area contributed by atoms with Gasteiger partial charge in [-0.05, 0) is 95.0 Å². The number of anilines is 1. The van der Waals surface area contributed by atoms with Gasteiger partial charge in [0.05, 0.1) is 16.8 Å². The molecule has 37 heavy (non-hydrogen) atoms. The first kappa shape index (κ1) is 26.6. The minimum Gasteiger partial charge on any atom is -0.490 e. The van der Waals surface area contributed by atoms with Crippen LogP contribution in [0.2, 0.25) is 0 Å². The highest BCUT2D eigenvalue weighted by Crippen LogP contribution is 2.38. The number of benzene rings is 3. The van der Waals surface area contributed by atoms with E-state index in [2.05, 4.69) is 37.2 Å². The van der Waals surface area contributed by atoms with Crippen LogP contribution in [-0.2, 0) is 16.2 Å². The molecule has 1 N–H and O–H groups in total. The zero-order valence-electron chi connectivity index (χ0n) is 19.8. The van der Waals surface area contributed by atoms with Gasteiger partial charge >= 0.3 is 6.03 Å². The number of imide groups is 2. The second-order valence-electron chi connectivity index (χ2n) is 8.07. The van der Waals surface area contributed by atoms with Gasteiger partial charge in [0, 0.05) is 4.47 Å². The van der Waals surface area contributed by atoms with Crippen LogP contribution < -0.4 is 19.7 Å². The van der Waals surface area contributed by atoms with E-state index < -0.39 is 17.8 Å². The first-order valence-corrected chi connectivity index (χ1v) is 12.8. The Hall–Kier alpha value is -3.50. The fourth-order valence-electron chi connectivity index (χ4n) is 3.72. The number of nitrogens with one attached hydrogen (secondary N) is 1. The van der Waals surface area contributed by atoms with E-state index in [0.717, 1.165) is 14.9 Å². The maximum atomic E-state index is 13.3. The molecule has 0 aromatic heterocycles. The first-order valence-electron chi connectivity index (χ1n) is 11.2. The lowest BCUT2D eigenvalue weighted by molar-refractivity contribution is -0.122. The SMILES string of the molecule is CCOc1cc(/C=C2/C(=O)NC(=O)N(c3ccc(Br)cc3C)C2=O)cc(Br)c1OCc1ccc(F)cc1. The summed E-state index contributed by atoms with van der Waals surface area (Å²) in [6.07, 6.45) is 1.39. The van der Waals surface area contributed by atoms with E-state index in [1.165, 1.54) is 18.2 Å². The van der Waals surface area contributed by atoms with E-state index in [4.69, 9.17) is 9.47 Å². The Morgan fingerprint density at radius 1 is 1.00 bits per heavy atom. The molecule has 0 bridgehead atoms. The monoisotopic (exact) mass is 630 g/mol. The van der Waals surface area contributed by atoms with Crippen LogP contribution in [0, 0.1) is 12.7 Å². The lowest BCUT2D eigenvalue weighted by Gasteiger charge is -2.27. The number of urea groups is 1. The molecule has 0 unspecified atom stereocenters. The zero-order chi connectivity index (χ0) is 26.7. The van der Waals surface area contributed by atoms with E-state index in [1.54, 1.807) is 49.4 Å². The Morgan fingerprint density at radius 3 is 2.41 bits per heavy atom. The number of hydrogen-bond donors (Lipinski definition) is 1. The van der Waals surface area contributed by atoms with Gasteiger partial charge in [-0.15, -0.1) is 0 Å². The van der Waals surface area contributed by atoms with Crippen molar-refractivity contribution < 1.29 is 28.2 Å². The molecule has 1 saturated heterocycles. The van der Waals surface area contributed by atoms with Crippen LogP contribution in [0.15, 0.2) is 69.1 Å². The summed E-state index contributed by atoms with van der Waals surface area (Å²) in [5.74, 6) is -1.09. The summed E-state index contributed by atoms with van der Waals surface area (Å²) in [6.45, 7) is 4.08. The molecule has 0 saturated carbocycles. The Bertz CT molecular complexity index is 1420. The van der Waals surface area contributed by atoms with Gasteiger partial charge in [0.15, 0.2) is 11.5 Å². The van der Waals surface area contributed by atoms with Gasteiger partial charge in [0.1, 0.15) is 18.0 Å². The van der Waals surface area contributed by atoms with Crippen molar-refractivity contribution in [2.24, 2.45) is 0 Å². The molecule has 4 amide bonds. The molecule has 4 rings (SSSR count). The highest BCUT2D eigenvalue weighted by molar-refractivity contribution is 9.10. The third-order valence-corrected chi connectivity index (χ3v) is 6.52. The number of aryl methyl sites for hydroxylation is 1. The Labute approximate surface area is 229 Å². The lowest BCUT2D eigenvalue weighted by atomic mass is 10.1. The predicted octanol–water partition coefficient (Wildman–Crippen LogP) is 6.30. The number of nitrogens with zero attached hydrogens (tertiary/aromatic N) is 1. The minimum atomic E-state index is -0.821. The van der Waals surface area contributed by atoms with E-state index in [-0.39, 0.29) is 18.0 Å². The molecule has 7 nitrogen and oxygen atoms in total. The lowest BCUT2D eigenvalue weighted by Crippen LogP contribution is -2.54. The molecule has 1 aliphatic heterocycles. The molecule has 0 atom stereocenters. The molecular formula is C27H21Br2FN2O5. The first-order chi connectivity index (χ1) is 17.7. The summed E-state index contributed by atoms with van der Waals surface area (Å²) < 4.78 is 26.2. The third kappa shape index (κ3) is 5.91. The fourth-order valence-corrected chi connectivity index (χ4v) is 4.77. The highest BCUT2D eigenvalue weighted by Gasteiger charge is 2.37. The summed E-state index contributed by atoms with van der Waals surface area (Å²) in [6, 6.07) is 13.5. The zero-order valence-corrected chi connectivity index (χ0v) is 23.0. The van der Waals surface area contributed by atoms with Crippen molar-refractivity contribution in [2.45, 2.75) is 20.5 Å². The van der Waals surface area contributed by atoms with E-state index in [0.29, 0.717) is 39.4 Å². The van der Waals surface area contributed by atoms with Crippen LogP contribution in [0.1, 0.15) is 23.6 Å². The number of carbonyl (C=O) groups is 3. The smallest absolute Gasteiger partial charge is 0.335 e. The number of ether oxygens (including phenoxy) is 2. The van der Waals surface area contributed by atoms with Crippen LogP contribution in [0.25, 0.3) is 6.08 Å². The Morgan fingerprint density at radius 2 is 1.73 bits per heavy atom. The summed E-state index contributed by atoms with van der Waals surface area (Å²) in [5.41, 5.74) is 2.07. The number of carbonyl (C=O) groups excluding carboxylic acids is 3. The number of amides is 4. The summed E-state index contributed by atoms with van der Waals surface area (Å²) in [4.78, 5) is 39.4. The van der Waals surface area contributed by atoms with Gasteiger partial charge in [-0.1, -0.05) is 28.1 Å². The average molecular weight is 632 g/mol. The quantitative estimate of drug-likeness (QED) is 0.244. The van der Waals surface area contributed by atoms with Crippen molar-refractivity contribution in [3.8, 4) is 11.5 Å². The topological polar surface area (TPSA) is 84.9 Å². The van der Waals surface area contributed by atoms with Gasteiger partial charge < -0.3 is 9.47 Å². The van der Waals surface area contributed by atoms with Crippen molar-refractivity contribution >= 4 is 61.5 Å². The van der Waals surface area contributed by atoms with Gasteiger partial charge in [0.2, 0.25) is 0 Å². The van der Waals surface area contributed by atoms with E-state index in [9.17, 15) is 18.8 Å². The maximum absolute atomic E-state index is 13.3. The summed E-state index contributed by atoms with van der Waals surface area (Å²) in [7, 11) is 0. The Kier molecular flexibility index (Phi) is 8.09. The van der Waals surface area contributed by atoms with Gasteiger partial charge in [-0.2, -0.15) is 0 Å². The number of rotatable bonds is 7. The van der Waals surface area contributed by atoms with Gasteiger partial charge in [-0.3, -0.25) is 14.9 Å². The second kappa shape index (κ2) is 11.3. The van der Waals surface area contributed by atoms with Crippen molar-refractivity contribution in [1.29, 1.82) is 0 Å². The molecule has 0 radical (unpaired) electrons. The van der Waals surface area contributed by atoms with Crippen LogP contribution in [0.4, 0.5) is 14.9 Å². The summed E-state index contributed by atoms with van der Waals surface area (Å²) in [5, 5.41) is 2.23. The third-order valence-electron chi connectivity index (χ3n) is 5.44. The highest BCUT2D eigenvalue weighted by atomic mass is 79.9. The molecule has 3 aromatic carbocycles. The average Bonchev–Trinajstić information content (AvgIpc) is 2.84. The number of barbiturate groups is 1. The van der Waals surface area contributed by atoms with Crippen LogP contribution in [0.5, 0.6) is 11.5 Å². The molecule has 3 aromatic rings. The van der Waals surface area contributed by atoms with Crippen LogP contribution in [0.3, 0.4) is 0 Å². The Balaban J connectivity index is 1.67. The van der Waals surface area contributed by atoms with Crippen LogP contribution in [-0.4, -0.2) is 24.5 Å². The molecule has 0 spiro atoms. The fraction of sp³-hybridized carbons (Fsp3) is 0.148. The minimum absolute atomic E-state index is 0.171. The van der Waals surface area contributed by atoms with Gasteiger partial charge in [0.25, 0.3) is 11.8 Å². The molecule has 10 heteroatoms. The number of halogens is 3. The molecule has 1 aliphatic rings. The molecule has 0 aliphatic carbocycles. The van der Waals surface area contributed by atoms with Crippen molar-refractivity contribution in [3.63, 3.8) is 0 Å². The molecule has 190 valence electrons. The van der Waals surface area contributed by atoms with Gasteiger partial charge in [-0.25, -0.2) is 14.1 Å². The van der Waals surface area contributed by atoms with Crippen molar-refractivity contribution in [2.75, 3.05) is 11.5 Å². The predicted molar refractivity (Wildman–Crippen MR) is 144 cm³/mol. The largest absolute Gasteiger partial charge is 0.490 e. The molecule has 1 fully saturated rings. The number of hydrogen-bond acceptors (Lipinski definition) is 5. The van der Waals surface area contributed by atoms with Crippen LogP contribution >= 0.6 is 31.9 Å². The second-order valence-corrected chi connectivity index (χ2v) is 9.84.